The van der Waals surface area contributed by atoms with Crippen molar-refractivity contribution in [3.05, 3.63) is 51.1 Å². The number of piperidine rings is 1. The molecule has 0 saturated carbocycles. The van der Waals surface area contributed by atoms with E-state index in [0.717, 1.165) is 12.1 Å². The van der Waals surface area contributed by atoms with Gasteiger partial charge in [-0.3, -0.25) is 14.6 Å². The lowest BCUT2D eigenvalue weighted by Crippen LogP contribution is -2.40. The monoisotopic (exact) mass is 491 g/mol. The Hall–Kier alpha value is -2.33. The van der Waals surface area contributed by atoms with Crippen LogP contribution in [0, 0.1) is 0 Å². The van der Waals surface area contributed by atoms with E-state index in [4.69, 9.17) is 23.9 Å². The maximum Gasteiger partial charge on any atom is 0.524 e. The summed E-state index contributed by atoms with van der Waals surface area (Å²) in [6, 6.07) is 6.67. The van der Waals surface area contributed by atoms with Gasteiger partial charge < -0.3 is 24.1 Å². The number of fused-ring (bicyclic) bond motifs is 1. The van der Waals surface area contributed by atoms with Gasteiger partial charge in [0.2, 0.25) is 0 Å². The third kappa shape index (κ3) is 4.82. The predicted octanol–water partition coefficient (Wildman–Crippen LogP) is 1.86. The minimum atomic E-state index is -5.07. The van der Waals surface area contributed by atoms with Crippen LogP contribution < -0.4 is 15.4 Å². The van der Waals surface area contributed by atoms with Gasteiger partial charge in [0.05, 0.1) is 11.1 Å². The summed E-state index contributed by atoms with van der Waals surface area (Å²) in [6.45, 7) is 0.928. The first kappa shape index (κ1) is 23.8. The molecular formula is C21H20BClNO8P. The molecule has 1 saturated heterocycles. The average molecular weight is 492 g/mol. The van der Waals surface area contributed by atoms with E-state index >= 15 is 0 Å². The lowest BCUT2D eigenvalue weighted by molar-refractivity contribution is 0.0630. The molecule has 2 heterocycles. The average Bonchev–Trinajstić information content (AvgIpc) is 2.67. The molecule has 0 aliphatic carbocycles. The highest BCUT2D eigenvalue weighted by Crippen LogP contribution is 2.47. The zero-order chi connectivity index (χ0) is 24.1. The first-order valence-corrected chi connectivity index (χ1v) is 11.9. The number of likely N-dealkylation sites (tertiary alicyclic amines) is 1. The van der Waals surface area contributed by atoms with Gasteiger partial charge in [-0.25, -0.2) is 4.57 Å². The Morgan fingerprint density at radius 3 is 2.64 bits per heavy atom. The van der Waals surface area contributed by atoms with Gasteiger partial charge in [-0.15, -0.1) is 0 Å². The van der Waals surface area contributed by atoms with Gasteiger partial charge in [-0.2, -0.15) is 0 Å². The number of aromatic hydroxyl groups is 1. The molecule has 4 rings (SSSR count). The fourth-order valence-electron chi connectivity index (χ4n) is 4.16. The van der Waals surface area contributed by atoms with Crippen LogP contribution in [0.1, 0.15) is 17.9 Å². The molecule has 4 N–H and O–H groups in total. The van der Waals surface area contributed by atoms with E-state index in [1.54, 1.807) is 12.1 Å². The van der Waals surface area contributed by atoms with Crippen molar-refractivity contribution in [2.24, 2.45) is 0 Å². The molecule has 1 fully saturated rings. The number of halogens is 1. The molecule has 0 amide bonds. The van der Waals surface area contributed by atoms with Gasteiger partial charge in [0.25, 0.3) is 0 Å². The van der Waals surface area contributed by atoms with Crippen LogP contribution in [0.4, 0.5) is 0 Å². The van der Waals surface area contributed by atoms with E-state index in [0.29, 0.717) is 30.5 Å². The van der Waals surface area contributed by atoms with Crippen LogP contribution in [-0.4, -0.2) is 59.0 Å². The molecule has 2 atom stereocenters. The van der Waals surface area contributed by atoms with Crippen LogP contribution in [0.3, 0.4) is 0 Å². The number of aliphatic hydroxyl groups excluding tert-OH is 1. The van der Waals surface area contributed by atoms with E-state index in [9.17, 15) is 29.4 Å². The molecule has 2 radical (unpaired) electrons. The van der Waals surface area contributed by atoms with Crippen LogP contribution in [0.15, 0.2) is 39.5 Å². The van der Waals surface area contributed by atoms with Crippen molar-refractivity contribution in [2.75, 3.05) is 20.1 Å². The quantitative estimate of drug-likeness (QED) is 0.318. The summed E-state index contributed by atoms with van der Waals surface area (Å²) in [5, 5.41) is 21.4. The molecule has 172 valence electrons. The fraction of sp³-hybridized carbons (Fsp3) is 0.286. The second kappa shape index (κ2) is 8.79. The lowest BCUT2D eigenvalue weighted by Gasteiger charge is -2.34. The first-order valence-electron chi connectivity index (χ1n) is 9.95. The Bertz CT molecular complexity index is 1340. The van der Waals surface area contributed by atoms with Crippen molar-refractivity contribution in [3.8, 4) is 22.8 Å². The highest BCUT2D eigenvalue weighted by Gasteiger charge is 2.34. The van der Waals surface area contributed by atoms with Crippen LogP contribution in [-0.2, 0) is 4.57 Å². The molecular weight excluding hydrogens is 471 g/mol. The molecule has 1 aromatic heterocycles. The number of likely N-dealkylation sites (N-methyl/N-ethyl adjacent to an activating group) is 1. The number of rotatable bonds is 4. The summed E-state index contributed by atoms with van der Waals surface area (Å²) in [4.78, 5) is 33.6. The zero-order valence-electron chi connectivity index (χ0n) is 17.4. The fourth-order valence-corrected chi connectivity index (χ4v) is 4.84. The molecule has 9 nitrogen and oxygen atoms in total. The van der Waals surface area contributed by atoms with Crippen molar-refractivity contribution < 1.29 is 33.5 Å². The molecule has 0 spiro atoms. The standard InChI is InChI=1S/C21H20BClNO8P/c1-24-5-4-12(16(27)9-24)19-14(25)8-18(32-33(28,29)30)20-15(26)7-17(31-21(19)20)11-3-2-10(22)6-13(11)23/h2-3,6-8,12,16,25,27H,4-5,9H2,1H3,(H2,28,29,30). The van der Waals surface area contributed by atoms with Crippen molar-refractivity contribution in [1.29, 1.82) is 0 Å². The number of hydrogen-bond acceptors (Lipinski definition) is 7. The highest BCUT2D eigenvalue weighted by molar-refractivity contribution is 7.46. The Kier molecular flexibility index (Phi) is 6.35. The van der Waals surface area contributed by atoms with E-state index in [1.165, 1.54) is 6.07 Å². The highest BCUT2D eigenvalue weighted by atomic mass is 35.5. The Balaban J connectivity index is 2.03. The summed E-state index contributed by atoms with van der Waals surface area (Å²) in [7, 11) is 2.52. The third-order valence-electron chi connectivity index (χ3n) is 5.61. The van der Waals surface area contributed by atoms with Crippen molar-refractivity contribution in [2.45, 2.75) is 18.4 Å². The van der Waals surface area contributed by atoms with Crippen molar-refractivity contribution in [1.82, 2.24) is 4.90 Å². The summed E-state index contributed by atoms with van der Waals surface area (Å²) >= 11 is 6.28. The van der Waals surface area contributed by atoms with E-state index in [-0.39, 0.29) is 27.3 Å². The van der Waals surface area contributed by atoms with Gasteiger partial charge in [-0.1, -0.05) is 29.2 Å². The Morgan fingerprint density at radius 2 is 2.00 bits per heavy atom. The number of β-amino-alcohol motifs (C(OH)–C–C–N with tert-alkyl or cyclic N) is 1. The number of benzene rings is 2. The van der Waals surface area contributed by atoms with E-state index < -0.39 is 36.8 Å². The number of phenolic OH excluding ortho intramolecular Hbond substituents is 1. The van der Waals surface area contributed by atoms with Crippen LogP contribution in [0.2, 0.25) is 5.02 Å². The second-order valence-electron chi connectivity index (χ2n) is 8.03. The third-order valence-corrected chi connectivity index (χ3v) is 6.36. The van der Waals surface area contributed by atoms with Gasteiger partial charge in [-0.05, 0) is 26.1 Å². The van der Waals surface area contributed by atoms with Gasteiger partial charge in [0.15, 0.2) is 5.43 Å². The number of phenols is 1. The maximum absolute atomic E-state index is 13.1. The SMILES string of the molecule is [B]c1ccc(-c2cc(=O)c3c(OP(=O)(O)O)cc(O)c(C4CCN(C)CC4O)c3o2)c(Cl)c1. The summed E-state index contributed by atoms with van der Waals surface area (Å²) in [6.07, 6.45) is -0.448. The Morgan fingerprint density at radius 1 is 1.27 bits per heavy atom. The first-order chi connectivity index (χ1) is 15.4. The predicted molar refractivity (Wildman–Crippen MR) is 124 cm³/mol. The maximum atomic E-state index is 13.1. The van der Waals surface area contributed by atoms with Crippen LogP contribution in [0.5, 0.6) is 11.5 Å². The van der Waals surface area contributed by atoms with E-state index in [2.05, 4.69) is 4.52 Å². The van der Waals surface area contributed by atoms with Gasteiger partial charge >= 0.3 is 7.82 Å². The number of phosphoric ester groups is 1. The zero-order valence-corrected chi connectivity index (χ0v) is 19.1. The largest absolute Gasteiger partial charge is 0.524 e. The number of aliphatic hydroxyl groups is 1. The summed E-state index contributed by atoms with van der Waals surface area (Å²) in [5.74, 6) is -1.52. The summed E-state index contributed by atoms with van der Waals surface area (Å²) < 4.78 is 22.2. The van der Waals surface area contributed by atoms with Crippen LogP contribution in [0.25, 0.3) is 22.3 Å². The van der Waals surface area contributed by atoms with Gasteiger partial charge in [0, 0.05) is 35.7 Å². The minimum absolute atomic E-state index is 0.0499. The smallest absolute Gasteiger partial charge is 0.507 e. The van der Waals surface area contributed by atoms with Gasteiger partial charge in [0.1, 0.15) is 36.1 Å². The number of nitrogens with zero attached hydrogens (tertiary/aromatic N) is 1. The van der Waals surface area contributed by atoms with E-state index in [1.807, 2.05) is 11.9 Å². The topological polar surface area (TPSA) is 141 Å². The lowest BCUT2D eigenvalue weighted by atomic mass is 9.85. The molecule has 12 heteroatoms. The summed E-state index contributed by atoms with van der Waals surface area (Å²) in [5.41, 5.74) is 0.0698. The molecule has 33 heavy (non-hydrogen) atoms. The molecule has 1 aliphatic rings. The second-order valence-corrected chi connectivity index (χ2v) is 9.60. The molecule has 2 unspecified atom stereocenters. The van der Waals surface area contributed by atoms with Crippen LogP contribution >= 0.6 is 19.4 Å². The number of hydrogen-bond donors (Lipinski definition) is 4. The number of phosphoric acid groups is 1. The molecule has 2 aromatic carbocycles. The minimum Gasteiger partial charge on any atom is -0.507 e. The molecule has 1 aliphatic heterocycles. The normalized spacial score (nSPS) is 19.7. The molecule has 0 bridgehead atoms. The van der Waals surface area contributed by atoms with Crippen molar-refractivity contribution in [3.63, 3.8) is 0 Å². The molecule has 3 aromatic rings. The Labute approximate surface area is 194 Å². The van der Waals surface area contributed by atoms with Crippen molar-refractivity contribution >= 4 is 43.7 Å².